The number of aromatic nitrogens is 1. The van der Waals surface area contributed by atoms with Gasteiger partial charge in [-0.3, -0.25) is 14.2 Å². The summed E-state index contributed by atoms with van der Waals surface area (Å²) in [6.45, 7) is -0.190. The first-order valence-corrected chi connectivity index (χ1v) is 4.93. The molecule has 1 aromatic rings. The highest BCUT2D eigenvalue weighted by Gasteiger charge is 2.20. The first-order chi connectivity index (χ1) is 6.18. The summed E-state index contributed by atoms with van der Waals surface area (Å²) >= 11 is 1.19. The highest BCUT2D eigenvalue weighted by atomic mass is 32.1. The number of aryl methyl sites for hydroxylation is 1. The predicted octanol–water partition coefficient (Wildman–Crippen LogP) is 0.483. The van der Waals surface area contributed by atoms with Gasteiger partial charge in [0.05, 0.1) is 0 Å². The second-order valence-corrected chi connectivity index (χ2v) is 4.12. The standard InChI is InChI=1S/C8H9NO3S/c10-7(11)4-9-5-2-1-3-6(5)13-8(9)12/h1-4H2,(H,10,11). The van der Waals surface area contributed by atoms with Gasteiger partial charge in [0.25, 0.3) is 0 Å². The summed E-state index contributed by atoms with van der Waals surface area (Å²) in [5, 5.41) is 8.59. The maximum absolute atomic E-state index is 11.3. The Morgan fingerprint density at radius 1 is 1.54 bits per heavy atom. The molecule has 1 heterocycles. The topological polar surface area (TPSA) is 59.3 Å². The summed E-state index contributed by atoms with van der Waals surface area (Å²) in [6, 6.07) is 0. The van der Waals surface area contributed by atoms with Gasteiger partial charge in [0.1, 0.15) is 6.54 Å². The molecular weight excluding hydrogens is 190 g/mol. The van der Waals surface area contributed by atoms with E-state index in [1.807, 2.05) is 0 Å². The number of thiazole rings is 1. The van der Waals surface area contributed by atoms with Crippen LogP contribution in [0, 0.1) is 0 Å². The Balaban J connectivity index is 2.44. The molecular formula is C8H9NO3S. The van der Waals surface area contributed by atoms with Crippen molar-refractivity contribution in [1.82, 2.24) is 4.57 Å². The third-order valence-corrected chi connectivity index (χ3v) is 3.27. The highest BCUT2D eigenvalue weighted by Crippen LogP contribution is 2.23. The van der Waals surface area contributed by atoms with E-state index >= 15 is 0 Å². The van der Waals surface area contributed by atoms with Crippen LogP contribution in [0.2, 0.25) is 0 Å². The second kappa shape index (κ2) is 2.99. The van der Waals surface area contributed by atoms with Gasteiger partial charge >= 0.3 is 10.8 Å². The fourth-order valence-electron chi connectivity index (χ4n) is 1.66. The smallest absolute Gasteiger partial charge is 0.323 e. The van der Waals surface area contributed by atoms with E-state index in [1.54, 1.807) is 0 Å². The number of fused-ring (bicyclic) bond motifs is 1. The fourth-order valence-corrected chi connectivity index (χ4v) is 2.73. The number of carboxylic acids is 1. The molecule has 0 atom stereocenters. The molecule has 1 N–H and O–H groups in total. The molecule has 5 heteroatoms. The first-order valence-electron chi connectivity index (χ1n) is 4.11. The molecule has 70 valence electrons. The third kappa shape index (κ3) is 1.39. The molecule has 0 bridgehead atoms. The Hall–Kier alpha value is -1.10. The lowest BCUT2D eigenvalue weighted by Gasteiger charge is -1.99. The van der Waals surface area contributed by atoms with Crippen LogP contribution in [0.1, 0.15) is 17.0 Å². The van der Waals surface area contributed by atoms with Crippen LogP contribution in [0.4, 0.5) is 0 Å². The molecule has 13 heavy (non-hydrogen) atoms. The van der Waals surface area contributed by atoms with Gasteiger partial charge in [0, 0.05) is 10.6 Å². The maximum atomic E-state index is 11.3. The van der Waals surface area contributed by atoms with Gasteiger partial charge in [-0.1, -0.05) is 11.3 Å². The van der Waals surface area contributed by atoms with Crippen molar-refractivity contribution in [3.8, 4) is 0 Å². The number of rotatable bonds is 2. The first kappa shape index (κ1) is 8.50. The van der Waals surface area contributed by atoms with E-state index < -0.39 is 5.97 Å². The zero-order valence-corrected chi connectivity index (χ0v) is 7.76. The maximum Gasteiger partial charge on any atom is 0.323 e. The predicted molar refractivity (Wildman–Crippen MR) is 48.2 cm³/mol. The number of hydrogen-bond acceptors (Lipinski definition) is 3. The van der Waals surface area contributed by atoms with Crippen LogP contribution in [-0.2, 0) is 24.2 Å². The van der Waals surface area contributed by atoms with Crippen LogP contribution < -0.4 is 4.87 Å². The minimum atomic E-state index is -0.949. The van der Waals surface area contributed by atoms with Crippen LogP contribution in [-0.4, -0.2) is 15.6 Å². The molecule has 0 aromatic carbocycles. The summed E-state index contributed by atoms with van der Waals surface area (Å²) in [5.41, 5.74) is 0.942. The molecule has 0 unspecified atom stereocenters. The molecule has 0 saturated heterocycles. The van der Waals surface area contributed by atoms with Gasteiger partial charge in [-0.05, 0) is 19.3 Å². The minimum absolute atomic E-state index is 0.132. The SMILES string of the molecule is O=C(O)Cn1c2c(sc1=O)CCC2. The summed E-state index contributed by atoms with van der Waals surface area (Å²) < 4.78 is 1.38. The molecule has 0 fully saturated rings. The summed E-state index contributed by atoms with van der Waals surface area (Å²) in [4.78, 5) is 22.7. The van der Waals surface area contributed by atoms with Crippen molar-refractivity contribution < 1.29 is 9.90 Å². The quantitative estimate of drug-likeness (QED) is 0.753. The fraction of sp³-hybridized carbons (Fsp3) is 0.500. The van der Waals surface area contributed by atoms with Crippen LogP contribution in [0.15, 0.2) is 4.79 Å². The normalized spacial score (nSPS) is 14.5. The zero-order chi connectivity index (χ0) is 9.42. The molecule has 0 radical (unpaired) electrons. The zero-order valence-electron chi connectivity index (χ0n) is 6.95. The largest absolute Gasteiger partial charge is 0.480 e. The van der Waals surface area contributed by atoms with E-state index in [4.69, 9.17) is 5.11 Å². The minimum Gasteiger partial charge on any atom is -0.480 e. The van der Waals surface area contributed by atoms with Crippen LogP contribution in [0.5, 0.6) is 0 Å². The summed E-state index contributed by atoms with van der Waals surface area (Å²) in [6.07, 6.45) is 2.82. The molecule has 1 aromatic heterocycles. The Bertz CT molecular complexity index is 404. The Kier molecular flexibility index (Phi) is 1.95. The lowest BCUT2D eigenvalue weighted by molar-refractivity contribution is -0.137. The molecule has 0 saturated carbocycles. The van der Waals surface area contributed by atoms with Crippen molar-refractivity contribution >= 4 is 17.3 Å². The average Bonchev–Trinajstić information content (AvgIpc) is 2.55. The van der Waals surface area contributed by atoms with Gasteiger partial charge in [-0.15, -0.1) is 0 Å². The van der Waals surface area contributed by atoms with Gasteiger partial charge in [0.15, 0.2) is 0 Å². The molecule has 4 nitrogen and oxygen atoms in total. The van der Waals surface area contributed by atoms with E-state index in [1.165, 1.54) is 15.9 Å². The number of nitrogens with zero attached hydrogens (tertiary/aromatic N) is 1. The van der Waals surface area contributed by atoms with E-state index in [0.717, 1.165) is 29.8 Å². The van der Waals surface area contributed by atoms with Crippen molar-refractivity contribution in [1.29, 1.82) is 0 Å². The molecule has 1 aliphatic carbocycles. The molecule has 0 aliphatic heterocycles. The lowest BCUT2D eigenvalue weighted by atomic mass is 10.3. The number of carbonyl (C=O) groups is 1. The Morgan fingerprint density at radius 2 is 2.31 bits per heavy atom. The van der Waals surface area contributed by atoms with E-state index in [0.29, 0.717) is 0 Å². The Morgan fingerprint density at radius 3 is 3.00 bits per heavy atom. The van der Waals surface area contributed by atoms with Gasteiger partial charge < -0.3 is 5.11 Å². The lowest BCUT2D eigenvalue weighted by Crippen LogP contribution is -2.20. The van der Waals surface area contributed by atoms with Gasteiger partial charge in [-0.25, -0.2) is 0 Å². The van der Waals surface area contributed by atoms with Crippen molar-refractivity contribution in [3.05, 3.63) is 20.2 Å². The number of aliphatic carboxylic acids is 1. The van der Waals surface area contributed by atoms with Crippen molar-refractivity contribution in [2.24, 2.45) is 0 Å². The second-order valence-electron chi connectivity index (χ2n) is 3.07. The van der Waals surface area contributed by atoms with Crippen molar-refractivity contribution in [2.75, 3.05) is 0 Å². The third-order valence-electron chi connectivity index (χ3n) is 2.19. The van der Waals surface area contributed by atoms with Crippen molar-refractivity contribution in [2.45, 2.75) is 25.8 Å². The molecule has 0 spiro atoms. The average molecular weight is 199 g/mol. The van der Waals surface area contributed by atoms with Crippen molar-refractivity contribution in [3.63, 3.8) is 0 Å². The number of hydrogen-bond donors (Lipinski definition) is 1. The van der Waals surface area contributed by atoms with Gasteiger partial charge in [-0.2, -0.15) is 0 Å². The van der Waals surface area contributed by atoms with Crippen LogP contribution in [0.3, 0.4) is 0 Å². The van der Waals surface area contributed by atoms with E-state index in [9.17, 15) is 9.59 Å². The van der Waals surface area contributed by atoms with Gasteiger partial charge in [0.2, 0.25) is 0 Å². The Labute approximate surface area is 78.4 Å². The highest BCUT2D eigenvalue weighted by molar-refractivity contribution is 7.09. The van der Waals surface area contributed by atoms with E-state index in [2.05, 4.69) is 0 Å². The summed E-state index contributed by atoms with van der Waals surface area (Å²) in [5.74, 6) is -0.949. The number of carboxylic acid groups (broad SMARTS) is 1. The molecule has 0 amide bonds. The summed E-state index contributed by atoms with van der Waals surface area (Å²) in [7, 11) is 0. The van der Waals surface area contributed by atoms with Crippen LogP contribution in [0.25, 0.3) is 0 Å². The molecule has 1 aliphatic rings. The van der Waals surface area contributed by atoms with E-state index in [-0.39, 0.29) is 11.4 Å². The van der Waals surface area contributed by atoms with Crippen LogP contribution >= 0.6 is 11.3 Å². The monoisotopic (exact) mass is 199 g/mol. The molecule has 2 rings (SSSR count).